The molecule has 0 bridgehead atoms. The molecule has 0 spiro atoms. The highest BCUT2D eigenvalue weighted by Crippen LogP contribution is 2.20. The highest BCUT2D eigenvalue weighted by atomic mass is 16.3. The van der Waals surface area contributed by atoms with Gasteiger partial charge in [0.1, 0.15) is 11.4 Å². The summed E-state index contributed by atoms with van der Waals surface area (Å²) in [6.45, 7) is 1.46. The Balaban J connectivity index is 1.89. The lowest BCUT2D eigenvalue weighted by atomic mass is 10.2. The van der Waals surface area contributed by atoms with E-state index in [0.29, 0.717) is 17.0 Å². The summed E-state index contributed by atoms with van der Waals surface area (Å²) in [5.41, 5.74) is 1.70. The van der Waals surface area contributed by atoms with Crippen LogP contribution in [-0.2, 0) is 0 Å². The van der Waals surface area contributed by atoms with Gasteiger partial charge in [0.05, 0.1) is 23.1 Å². The van der Waals surface area contributed by atoms with Crippen molar-refractivity contribution >= 4 is 28.4 Å². The molecule has 0 aliphatic heterocycles. The number of aromatic hydroxyl groups is 1. The molecule has 3 aromatic rings. The maximum atomic E-state index is 12.1. The summed E-state index contributed by atoms with van der Waals surface area (Å²) in [5, 5.41) is 13.1. The lowest BCUT2D eigenvalue weighted by molar-refractivity contribution is 0.100. The largest absolute Gasteiger partial charge is 0.507 e. The number of benzene rings is 1. The molecule has 2 heterocycles. The number of carbonyl (C=O) groups excluding carboxylic acids is 2. The number of rotatable bonds is 3. The molecule has 0 aliphatic carbocycles. The van der Waals surface area contributed by atoms with Crippen molar-refractivity contribution in [3.05, 3.63) is 53.9 Å². The van der Waals surface area contributed by atoms with Gasteiger partial charge in [0.2, 0.25) is 0 Å². The van der Waals surface area contributed by atoms with E-state index in [2.05, 4.69) is 15.3 Å². The Labute approximate surface area is 125 Å². The van der Waals surface area contributed by atoms with Gasteiger partial charge in [0.25, 0.3) is 5.91 Å². The summed E-state index contributed by atoms with van der Waals surface area (Å²) in [4.78, 5) is 30.5. The number of anilines is 1. The number of aromatic amines is 1. The van der Waals surface area contributed by atoms with Crippen LogP contribution < -0.4 is 5.32 Å². The van der Waals surface area contributed by atoms with Crippen LogP contribution in [0.1, 0.15) is 27.8 Å². The van der Waals surface area contributed by atoms with E-state index in [0.717, 1.165) is 5.39 Å². The first-order valence-corrected chi connectivity index (χ1v) is 6.63. The molecule has 6 heteroatoms. The van der Waals surface area contributed by atoms with E-state index in [-0.39, 0.29) is 17.1 Å². The second kappa shape index (κ2) is 5.33. The number of carbonyl (C=O) groups is 2. The molecule has 1 aromatic carbocycles. The highest BCUT2D eigenvalue weighted by Gasteiger charge is 2.12. The van der Waals surface area contributed by atoms with Crippen LogP contribution in [0.2, 0.25) is 0 Å². The molecule has 0 saturated carbocycles. The number of amides is 1. The van der Waals surface area contributed by atoms with Gasteiger partial charge in [-0.15, -0.1) is 0 Å². The van der Waals surface area contributed by atoms with E-state index < -0.39 is 5.91 Å². The first-order valence-electron chi connectivity index (χ1n) is 6.63. The standard InChI is InChI=1S/C16H13N3O3/c1-9(20)13-7-10-6-11(8-17-15(10)19-13)18-16(22)12-4-2-3-5-14(12)21/h2-8,21H,1H3,(H,17,19)(H,18,22). The summed E-state index contributed by atoms with van der Waals surface area (Å²) in [7, 11) is 0. The number of para-hydroxylation sites is 1. The Hall–Kier alpha value is -3.15. The summed E-state index contributed by atoms with van der Waals surface area (Å²) < 4.78 is 0. The predicted octanol–water partition coefficient (Wildman–Crippen LogP) is 2.72. The Bertz CT molecular complexity index is 883. The van der Waals surface area contributed by atoms with E-state index in [1.165, 1.54) is 25.3 Å². The second-order valence-corrected chi connectivity index (χ2v) is 4.87. The van der Waals surface area contributed by atoms with Gasteiger partial charge < -0.3 is 15.4 Å². The molecule has 1 amide bonds. The number of Topliss-reactive ketones (excluding diaryl/α,β-unsaturated/α-hetero) is 1. The van der Waals surface area contributed by atoms with Gasteiger partial charge in [-0.3, -0.25) is 9.59 Å². The number of phenols is 1. The number of pyridine rings is 1. The number of phenolic OH excluding ortho intramolecular Hbond substituents is 1. The fourth-order valence-corrected chi connectivity index (χ4v) is 2.14. The summed E-state index contributed by atoms with van der Waals surface area (Å²) in [5.74, 6) is -0.603. The van der Waals surface area contributed by atoms with Crippen molar-refractivity contribution in [3.8, 4) is 5.75 Å². The molecule has 6 nitrogen and oxygen atoms in total. The number of fused-ring (bicyclic) bond motifs is 1. The fourth-order valence-electron chi connectivity index (χ4n) is 2.14. The van der Waals surface area contributed by atoms with Gasteiger partial charge in [-0.2, -0.15) is 0 Å². The average molecular weight is 295 g/mol. The molecular formula is C16H13N3O3. The Morgan fingerprint density at radius 3 is 2.73 bits per heavy atom. The van der Waals surface area contributed by atoms with Crippen LogP contribution in [0.25, 0.3) is 11.0 Å². The summed E-state index contributed by atoms with van der Waals surface area (Å²) in [6.07, 6.45) is 1.49. The van der Waals surface area contributed by atoms with Crippen molar-refractivity contribution in [2.24, 2.45) is 0 Å². The molecule has 0 atom stereocenters. The van der Waals surface area contributed by atoms with Crippen LogP contribution in [0.5, 0.6) is 5.75 Å². The lowest BCUT2D eigenvalue weighted by Crippen LogP contribution is -2.12. The molecule has 22 heavy (non-hydrogen) atoms. The molecule has 3 rings (SSSR count). The van der Waals surface area contributed by atoms with Gasteiger partial charge in [-0.05, 0) is 24.3 Å². The van der Waals surface area contributed by atoms with E-state index in [9.17, 15) is 14.7 Å². The van der Waals surface area contributed by atoms with E-state index in [1.807, 2.05) is 0 Å². The van der Waals surface area contributed by atoms with Crippen molar-refractivity contribution in [1.29, 1.82) is 0 Å². The van der Waals surface area contributed by atoms with Crippen molar-refractivity contribution in [2.45, 2.75) is 6.92 Å². The van der Waals surface area contributed by atoms with Crippen LogP contribution >= 0.6 is 0 Å². The van der Waals surface area contributed by atoms with Crippen LogP contribution in [-0.4, -0.2) is 26.8 Å². The van der Waals surface area contributed by atoms with E-state index >= 15 is 0 Å². The van der Waals surface area contributed by atoms with Crippen molar-refractivity contribution in [1.82, 2.24) is 9.97 Å². The Morgan fingerprint density at radius 1 is 1.23 bits per heavy atom. The van der Waals surface area contributed by atoms with Crippen LogP contribution in [0, 0.1) is 0 Å². The zero-order chi connectivity index (χ0) is 15.7. The zero-order valence-corrected chi connectivity index (χ0v) is 11.8. The lowest BCUT2D eigenvalue weighted by Gasteiger charge is -2.06. The molecule has 0 aliphatic rings. The molecule has 0 saturated heterocycles. The molecule has 110 valence electrons. The molecular weight excluding hydrogens is 282 g/mol. The van der Waals surface area contributed by atoms with E-state index in [4.69, 9.17) is 0 Å². The average Bonchev–Trinajstić information content (AvgIpc) is 2.91. The highest BCUT2D eigenvalue weighted by molar-refractivity contribution is 6.06. The third-order valence-corrected chi connectivity index (χ3v) is 3.26. The van der Waals surface area contributed by atoms with Gasteiger partial charge in [-0.1, -0.05) is 12.1 Å². The smallest absolute Gasteiger partial charge is 0.259 e. The number of H-pyrrole nitrogens is 1. The van der Waals surface area contributed by atoms with Crippen LogP contribution in [0.15, 0.2) is 42.6 Å². The third-order valence-electron chi connectivity index (χ3n) is 3.26. The van der Waals surface area contributed by atoms with Gasteiger partial charge >= 0.3 is 0 Å². The summed E-state index contributed by atoms with van der Waals surface area (Å²) >= 11 is 0. The minimum atomic E-state index is -0.429. The Kier molecular flexibility index (Phi) is 3.34. The van der Waals surface area contributed by atoms with Crippen molar-refractivity contribution in [2.75, 3.05) is 5.32 Å². The maximum Gasteiger partial charge on any atom is 0.259 e. The quantitative estimate of drug-likeness (QED) is 0.647. The first-order chi connectivity index (χ1) is 10.5. The number of nitrogens with zero attached hydrogens (tertiary/aromatic N) is 1. The maximum absolute atomic E-state index is 12.1. The van der Waals surface area contributed by atoms with Crippen molar-refractivity contribution < 1.29 is 14.7 Å². The van der Waals surface area contributed by atoms with Crippen LogP contribution in [0.4, 0.5) is 5.69 Å². The molecule has 0 fully saturated rings. The molecule has 3 N–H and O–H groups in total. The predicted molar refractivity (Wildman–Crippen MR) is 82.2 cm³/mol. The SMILES string of the molecule is CC(=O)c1cc2cc(NC(=O)c3ccccc3O)cnc2[nH]1. The van der Waals surface area contributed by atoms with Gasteiger partial charge in [0, 0.05) is 12.3 Å². The third kappa shape index (κ3) is 2.54. The zero-order valence-electron chi connectivity index (χ0n) is 11.8. The molecule has 0 radical (unpaired) electrons. The van der Waals surface area contributed by atoms with Gasteiger partial charge in [-0.25, -0.2) is 4.98 Å². The number of nitrogens with one attached hydrogen (secondary N) is 2. The number of ketones is 1. The van der Waals surface area contributed by atoms with Crippen molar-refractivity contribution in [3.63, 3.8) is 0 Å². The normalized spacial score (nSPS) is 10.6. The fraction of sp³-hybridized carbons (Fsp3) is 0.0625. The number of hydrogen-bond donors (Lipinski definition) is 3. The second-order valence-electron chi connectivity index (χ2n) is 4.87. The molecule has 0 unspecified atom stereocenters. The minimum Gasteiger partial charge on any atom is -0.507 e. The van der Waals surface area contributed by atoms with Gasteiger partial charge in [0.15, 0.2) is 5.78 Å². The number of aromatic nitrogens is 2. The first kappa shape index (κ1) is 13.8. The topological polar surface area (TPSA) is 95.1 Å². The minimum absolute atomic E-state index is 0.0854. The monoisotopic (exact) mass is 295 g/mol. The summed E-state index contributed by atoms with van der Waals surface area (Å²) in [6, 6.07) is 9.68. The Morgan fingerprint density at radius 2 is 2.00 bits per heavy atom. The molecule has 2 aromatic heterocycles. The number of hydrogen-bond acceptors (Lipinski definition) is 4. The van der Waals surface area contributed by atoms with Crippen LogP contribution in [0.3, 0.4) is 0 Å². The van der Waals surface area contributed by atoms with E-state index in [1.54, 1.807) is 24.3 Å².